The van der Waals surface area contributed by atoms with Gasteiger partial charge in [0.25, 0.3) is 5.56 Å². The van der Waals surface area contributed by atoms with Crippen molar-refractivity contribution in [2.24, 2.45) is 0 Å². The van der Waals surface area contributed by atoms with Crippen molar-refractivity contribution in [2.75, 3.05) is 7.11 Å². The van der Waals surface area contributed by atoms with E-state index >= 15 is 0 Å². The molecule has 0 aliphatic heterocycles. The summed E-state index contributed by atoms with van der Waals surface area (Å²) in [6.07, 6.45) is 1.43. The van der Waals surface area contributed by atoms with Crippen molar-refractivity contribution in [2.45, 2.75) is 0 Å². The molecule has 5 aromatic carbocycles. The second-order valence-electron chi connectivity index (χ2n) is 12.0. The summed E-state index contributed by atoms with van der Waals surface area (Å²) in [5, 5.41) is 5.10. The highest BCUT2D eigenvalue weighted by Crippen LogP contribution is 2.43. The highest BCUT2D eigenvalue weighted by molar-refractivity contribution is 6.32. The predicted molar refractivity (Wildman–Crippen MR) is 203 cm³/mol. The quantitative estimate of drug-likeness (QED) is 0.175. The van der Waals surface area contributed by atoms with Gasteiger partial charge in [-0.05, 0) is 82.1 Å². The van der Waals surface area contributed by atoms with Crippen LogP contribution in [-0.2, 0) is 0 Å². The molecule has 240 valence electrons. The number of nitrogens with zero attached hydrogens (tertiary/aromatic N) is 3. The number of hydrogen-bond donors (Lipinski definition) is 2. The minimum atomic E-state index is -0.312. The molecule has 0 spiro atoms. The summed E-state index contributed by atoms with van der Waals surface area (Å²) < 4.78 is 5.46. The van der Waals surface area contributed by atoms with Gasteiger partial charge in [-0.25, -0.2) is 15.0 Å². The normalized spacial score (nSPS) is 11.6. The first-order valence-electron chi connectivity index (χ1n) is 15.9. The molecule has 0 saturated carbocycles. The number of aromatic nitrogens is 5. The summed E-state index contributed by atoms with van der Waals surface area (Å²) in [4.78, 5) is 35.6. The lowest BCUT2D eigenvalue weighted by molar-refractivity contribution is 0.415. The summed E-state index contributed by atoms with van der Waals surface area (Å²) in [5.74, 6) is 0.782. The third-order valence-corrected chi connectivity index (χ3v) is 9.59. The van der Waals surface area contributed by atoms with Crippen molar-refractivity contribution in [3.05, 3.63) is 142 Å². The van der Waals surface area contributed by atoms with E-state index in [-0.39, 0.29) is 5.56 Å². The van der Waals surface area contributed by atoms with Crippen LogP contribution in [0, 0.1) is 0 Å². The van der Waals surface area contributed by atoms with Crippen LogP contribution in [0.1, 0.15) is 0 Å². The van der Waals surface area contributed by atoms with Crippen molar-refractivity contribution >= 4 is 66.8 Å². The van der Waals surface area contributed by atoms with E-state index in [1.807, 2.05) is 97.1 Å². The third-order valence-electron chi connectivity index (χ3n) is 9.10. The molecule has 0 fully saturated rings. The molecular weight excluding hydrogens is 665 g/mol. The molecule has 2 N–H and O–H groups in total. The van der Waals surface area contributed by atoms with Crippen molar-refractivity contribution in [3.8, 4) is 50.6 Å². The number of pyridine rings is 2. The molecule has 0 bridgehead atoms. The van der Waals surface area contributed by atoms with Gasteiger partial charge >= 0.3 is 0 Å². The van der Waals surface area contributed by atoms with Crippen LogP contribution < -0.4 is 10.3 Å². The van der Waals surface area contributed by atoms with Gasteiger partial charge in [-0.1, -0.05) is 83.9 Å². The van der Waals surface area contributed by atoms with Crippen LogP contribution in [0.2, 0.25) is 10.0 Å². The first-order valence-corrected chi connectivity index (χ1v) is 16.6. The van der Waals surface area contributed by atoms with E-state index in [0.717, 1.165) is 60.9 Å². The van der Waals surface area contributed by atoms with Gasteiger partial charge in [-0.15, -0.1) is 0 Å². The van der Waals surface area contributed by atoms with Crippen molar-refractivity contribution < 1.29 is 4.74 Å². The van der Waals surface area contributed by atoms with Crippen LogP contribution >= 0.6 is 23.2 Å². The largest absolute Gasteiger partial charge is 0.497 e. The van der Waals surface area contributed by atoms with Gasteiger partial charge in [0.1, 0.15) is 5.75 Å². The fourth-order valence-corrected chi connectivity index (χ4v) is 7.04. The number of ether oxygens (including phenoxy) is 1. The zero-order valence-corrected chi connectivity index (χ0v) is 28.0. The Morgan fingerprint density at radius 2 is 1.46 bits per heavy atom. The standard InChI is InChI=1S/C41H25Cl2N5O2/c1-50-29-15-11-24-17-26(8-7-25(24)18-29)30-20-33(22-9-12-27(42)13-10-22)47-40-35(30)38-36(41(49)45-21-44-38)39(48-40)34-31-19-28(43)14-16-32(31)46-37(34)23-5-3-2-4-6-23/h2-21,46H,1H3,(H,44,45,49). The molecule has 0 saturated heterocycles. The molecule has 0 aliphatic carbocycles. The molecule has 9 aromatic rings. The molecule has 4 aromatic heterocycles. The lowest BCUT2D eigenvalue weighted by atomic mass is 9.94. The predicted octanol–water partition coefficient (Wildman–Crippen LogP) is 10.5. The van der Waals surface area contributed by atoms with Crippen LogP contribution in [0.15, 0.2) is 126 Å². The number of H-pyrrole nitrogens is 2. The molecule has 9 heteroatoms. The number of hydrogen-bond acceptors (Lipinski definition) is 5. The Labute approximate surface area is 295 Å². The van der Waals surface area contributed by atoms with Crippen molar-refractivity contribution in [1.29, 1.82) is 0 Å². The lowest BCUT2D eigenvalue weighted by Gasteiger charge is -2.15. The Hall–Kier alpha value is -6.02. The van der Waals surface area contributed by atoms with Crippen molar-refractivity contribution in [3.63, 3.8) is 0 Å². The molecule has 7 nitrogen and oxygen atoms in total. The van der Waals surface area contributed by atoms with E-state index in [9.17, 15) is 4.79 Å². The maximum Gasteiger partial charge on any atom is 0.260 e. The fraction of sp³-hybridized carbons (Fsp3) is 0.0244. The molecule has 0 amide bonds. The van der Waals surface area contributed by atoms with Crippen LogP contribution in [0.5, 0.6) is 5.75 Å². The van der Waals surface area contributed by atoms with Crippen LogP contribution in [0.25, 0.3) is 88.5 Å². The third kappa shape index (κ3) is 4.98. The number of nitrogens with one attached hydrogen (secondary N) is 2. The molecular formula is C41H25Cl2N5O2. The number of aromatic amines is 2. The first-order chi connectivity index (χ1) is 24.4. The average molecular weight is 691 g/mol. The maximum absolute atomic E-state index is 14.0. The minimum Gasteiger partial charge on any atom is -0.497 e. The van der Waals surface area contributed by atoms with Gasteiger partial charge < -0.3 is 14.7 Å². The number of halogens is 2. The summed E-state index contributed by atoms with van der Waals surface area (Å²) >= 11 is 12.9. The second kappa shape index (κ2) is 11.8. The van der Waals surface area contributed by atoms with Crippen molar-refractivity contribution in [1.82, 2.24) is 24.9 Å². The lowest BCUT2D eigenvalue weighted by Crippen LogP contribution is -2.10. The Morgan fingerprint density at radius 1 is 0.700 bits per heavy atom. The molecule has 9 rings (SSSR count). The molecule has 0 aliphatic rings. The number of rotatable bonds is 5. The Morgan fingerprint density at radius 3 is 2.28 bits per heavy atom. The summed E-state index contributed by atoms with van der Waals surface area (Å²) in [6, 6.07) is 37.4. The number of benzene rings is 5. The van der Waals surface area contributed by atoms with Gasteiger partial charge in [0.05, 0.1) is 46.8 Å². The molecule has 0 atom stereocenters. The zero-order valence-electron chi connectivity index (χ0n) is 26.5. The fourth-order valence-electron chi connectivity index (χ4n) is 6.74. The second-order valence-corrected chi connectivity index (χ2v) is 12.9. The van der Waals surface area contributed by atoms with Crippen LogP contribution in [0.3, 0.4) is 0 Å². The first kappa shape index (κ1) is 30.1. The molecule has 4 heterocycles. The average Bonchev–Trinajstić information content (AvgIpc) is 3.52. The topological polar surface area (TPSA) is 96.5 Å². The van der Waals surface area contributed by atoms with E-state index < -0.39 is 0 Å². The van der Waals surface area contributed by atoms with Crippen LogP contribution in [0.4, 0.5) is 0 Å². The van der Waals surface area contributed by atoms with Gasteiger partial charge in [0.15, 0.2) is 5.65 Å². The summed E-state index contributed by atoms with van der Waals surface area (Å²) in [7, 11) is 1.66. The van der Waals surface area contributed by atoms with E-state index in [0.29, 0.717) is 43.4 Å². The molecule has 0 radical (unpaired) electrons. The zero-order chi connectivity index (χ0) is 33.9. The minimum absolute atomic E-state index is 0.312. The van der Waals surface area contributed by atoms with Gasteiger partial charge in [-0.2, -0.15) is 0 Å². The molecule has 0 unspecified atom stereocenters. The molecule has 50 heavy (non-hydrogen) atoms. The number of fused-ring (bicyclic) bond motifs is 5. The Balaban J connectivity index is 1.42. The summed E-state index contributed by atoms with van der Waals surface area (Å²) in [6.45, 7) is 0. The van der Waals surface area contributed by atoms with E-state index in [1.165, 1.54) is 6.33 Å². The number of methoxy groups -OCH3 is 1. The Bertz CT molecular complexity index is 2850. The smallest absolute Gasteiger partial charge is 0.260 e. The van der Waals surface area contributed by atoms with E-state index in [2.05, 4.69) is 28.2 Å². The SMILES string of the molecule is COc1ccc2cc(-c3cc(-c4ccc(Cl)cc4)nc4nc(-c5c(-c6ccccc6)[nH]c6ccc(Cl)cc56)c5c(=O)[nH]cnc5c34)ccc2c1. The maximum atomic E-state index is 14.0. The van der Waals surface area contributed by atoms with Crippen LogP contribution in [-0.4, -0.2) is 32.0 Å². The van der Waals surface area contributed by atoms with Gasteiger partial charge in [0.2, 0.25) is 0 Å². The van der Waals surface area contributed by atoms with E-state index in [1.54, 1.807) is 7.11 Å². The van der Waals surface area contributed by atoms with Gasteiger partial charge in [0, 0.05) is 32.1 Å². The Kier molecular flexibility index (Phi) is 7.12. The highest BCUT2D eigenvalue weighted by atomic mass is 35.5. The van der Waals surface area contributed by atoms with E-state index in [4.69, 9.17) is 42.9 Å². The summed E-state index contributed by atoms with van der Waals surface area (Å²) in [5.41, 5.74) is 7.73. The monoisotopic (exact) mass is 689 g/mol. The van der Waals surface area contributed by atoms with Gasteiger partial charge in [-0.3, -0.25) is 4.79 Å². The highest BCUT2D eigenvalue weighted by Gasteiger charge is 2.25.